The molecule has 0 bridgehead atoms. The number of carbonyl (C=O) groups excluding carboxylic acids is 1. The highest BCUT2D eigenvalue weighted by Gasteiger charge is 2.52. The minimum atomic E-state index is -2.27. The van der Waals surface area contributed by atoms with E-state index < -0.39 is 48.8 Å². The fourth-order valence-corrected chi connectivity index (χ4v) is 8.43. The van der Waals surface area contributed by atoms with Gasteiger partial charge in [0.2, 0.25) is 5.91 Å². The number of benzene rings is 2. The first-order valence-corrected chi connectivity index (χ1v) is 18.7. The van der Waals surface area contributed by atoms with Gasteiger partial charge in [-0.2, -0.15) is 0 Å². The van der Waals surface area contributed by atoms with Crippen LogP contribution in [0.3, 0.4) is 0 Å². The number of aliphatic hydroxyl groups is 5. The molecule has 8 rings (SSSR count). The van der Waals surface area contributed by atoms with Gasteiger partial charge in [0, 0.05) is 67.8 Å². The van der Waals surface area contributed by atoms with Crippen molar-refractivity contribution in [1.82, 2.24) is 14.9 Å². The highest BCUT2D eigenvalue weighted by molar-refractivity contribution is 5.91. The van der Waals surface area contributed by atoms with Crippen molar-refractivity contribution in [3.8, 4) is 17.2 Å². The molecule has 0 saturated carbocycles. The number of phenolic OH excluding ortho intramolecular Hbond substituents is 1. The Morgan fingerprint density at radius 3 is 2.62 bits per heavy atom. The molecule has 3 aromatic heterocycles. The fraction of sp³-hybridized carbons (Fsp3) is 0.415. The number of aromatic amines is 1. The number of hydrogen-bond acceptors (Lipinski definition) is 12. The summed E-state index contributed by atoms with van der Waals surface area (Å²) < 4.78 is 15.3. The number of aryl methyl sites for hydroxylation is 1. The Hall–Kier alpha value is -5.00. The summed E-state index contributed by atoms with van der Waals surface area (Å²) in [6.45, 7) is 0.633. The van der Waals surface area contributed by atoms with Gasteiger partial charge in [0.15, 0.2) is 16.8 Å². The Kier molecular flexibility index (Phi) is 10.0. The number of fused-ring (bicyclic) bond motifs is 3. The Balaban J connectivity index is 1.18. The fourth-order valence-electron chi connectivity index (χ4n) is 8.43. The van der Waals surface area contributed by atoms with Crippen LogP contribution in [0.5, 0.6) is 11.5 Å². The van der Waals surface area contributed by atoms with Gasteiger partial charge in [-0.05, 0) is 55.0 Å². The van der Waals surface area contributed by atoms with Crippen molar-refractivity contribution in [2.45, 2.75) is 74.6 Å². The summed E-state index contributed by atoms with van der Waals surface area (Å²) in [5, 5.41) is 67.4. The summed E-state index contributed by atoms with van der Waals surface area (Å²) in [5.41, 5.74) is -0.769. The van der Waals surface area contributed by atoms with E-state index in [1.54, 1.807) is 13.0 Å². The van der Waals surface area contributed by atoms with Gasteiger partial charge in [-0.3, -0.25) is 9.59 Å². The van der Waals surface area contributed by atoms with Gasteiger partial charge < -0.3 is 54.7 Å². The van der Waals surface area contributed by atoms with Crippen LogP contribution in [-0.2, 0) is 27.4 Å². The zero-order valence-electron chi connectivity index (χ0n) is 30.6. The molecule has 1 fully saturated rings. The number of aliphatic hydroxyl groups excluding tert-OH is 4. The number of aromatic nitrogens is 2. The third-order valence-electron chi connectivity index (χ3n) is 11.5. The van der Waals surface area contributed by atoms with Crippen molar-refractivity contribution < 1.29 is 54.4 Å². The molecular weight excluding hydrogens is 726 g/mol. The molecule has 15 nitrogen and oxygen atoms in total. The van der Waals surface area contributed by atoms with Crippen molar-refractivity contribution in [1.29, 1.82) is 0 Å². The molecule has 0 unspecified atom stereocenters. The minimum Gasteiger partial charge on any atom is -0.508 e. The average molecular weight is 772 g/mol. The second-order valence-electron chi connectivity index (χ2n) is 15.4. The molecule has 15 heteroatoms. The largest absolute Gasteiger partial charge is 0.508 e. The number of allylic oxidation sites excluding steroid dienone is 1. The van der Waals surface area contributed by atoms with Crippen molar-refractivity contribution >= 4 is 27.8 Å². The molecule has 2 aliphatic heterocycles. The van der Waals surface area contributed by atoms with Gasteiger partial charge >= 0.3 is 0 Å². The normalized spacial score (nSPS) is 24.8. The van der Waals surface area contributed by atoms with Gasteiger partial charge in [0.05, 0.1) is 17.5 Å². The minimum absolute atomic E-state index is 0.00509. The summed E-state index contributed by atoms with van der Waals surface area (Å²) >= 11 is 0. The van der Waals surface area contributed by atoms with Crippen LogP contribution in [-0.4, -0.2) is 101 Å². The number of hydrogen-bond donors (Lipinski definition) is 8. The van der Waals surface area contributed by atoms with Gasteiger partial charge in [0.1, 0.15) is 59.4 Å². The molecule has 8 N–H and O–H groups in total. The summed E-state index contributed by atoms with van der Waals surface area (Å²) in [4.78, 5) is 41.1. The molecular formula is C41H45N3O12. The first-order valence-electron chi connectivity index (χ1n) is 18.7. The van der Waals surface area contributed by atoms with Crippen LogP contribution >= 0.6 is 0 Å². The maximum Gasteiger partial charge on any atom is 0.220 e. The molecule has 1 amide bonds. The van der Waals surface area contributed by atoms with Crippen LogP contribution in [0.1, 0.15) is 36.1 Å². The molecule has 56 heavy (non-hydrogen) atoms. The predicted octanol–water partition coefficient (Wildman–Crippen LogP) is 2.22. The second-order valence-corrected chi connectivity index (χ2v) is 15.4. The summed E-state index contributed by atoms with van der Waals surface area (Å²) in [7, 11) is 0. The maximum atomic E-state index is 13.5. The van der Waals surface area contributed by atoms with Crippen LogP contribution < -0.4 is 15.5 Å². The first-order chi connectivity index (χ1) is 26.9. The zero-order chi connectivity index (χ0) is 39.4. The number of carbonyl (C=O) groups is 1. The Morgan fingerprint density at radius 2 is 1.89 bits per heavy atom. The van der Waals surface area contributed by atoms with Crippen LogP contribution in [0.2, 0.25) is 0 Å². The predicted molar refractivity (Wildman–Crippen MR) is 201 cm³/mol. The molecule has 2 aromatic carbocycles. The molecule has 1 spiro atoms. The number of ether oxygens (including phenoxy) is 1. The molecule has 0 radical (unpaired) electrons. The second kappa shape index (κ2) is 14.8. The average Bonchev–Trinajstić information content (AvgIpc) is 3.92. The number of nitrogens with one attached hydrogen (secondary N) is 2. The number of nitrogens with zero attached hydrogens (tertiary/aromatic N) is 1. The molecule has 3 aliphatic rings. The van der Waals surface area contributed by atoms with Crippen molar-refractivity contribution in [3.63, 3.8) is 0 Å². The molecule has 296 valence electrons. The van der Waals surface area contributed by atoms with Crippen LogP contribution in [0.15, 0.2) is 82.4 Å². The maximum absolute atomic E-state index is 13.5. The first kappa shape index (κ1) is 37.9. The van der Waals surface area contributed by atoms with E-state index in [4.69, 9.17) is 18.9 Å². The zero-order valence-corrected chi connectivity index (χ0v) is 30.6. The number of H-pyrrole nitrogens is 1. The summed E-state index contributed by atoms with van der Waals surface area (Å²) in [5.74, 6) is 0.767. The lowest BCUT2D eigenvalue weighted by Gasteiger charge is -2.47. The van der Waals surface area contributed by atoms with E-state index in [0.717, 1.165) is 10.9 Å². The van der Waals surface area contributed by atoms with E-state index in [0.29, 0.717) is 65.1 Å². The van der Waals surface area contributed by atoms with E-state index in [1.807, 2.05) is 35.3 Å². The summed E-state index contributed by atoms with van der Waals surface area (Å²) in [6, 6.07) is 10.9. The lowest BCUT2D eigenvalue weighted by Crippen LogP contribution is -2.58. The molecule has 8 atom stereocenters. The van der Waals surface area contributed by atoms with E-state index in [9.17, 15) is 40.2 Å². The molecule has 1 saturated heterocycles. The quantitative estimate of drug-likeness (QED) is 0.0519. The molecule has 1 aliphatic carbocycles. The van der Waals surface area contributed by atoms with Crippen LogP contribution in [0.25, 0.3) is 27.6 Å². The van der Waals surface area contributed by atoms with Crippen LogP contribution in [0.4, 0.5) is 0 Å². The van der Waals surface area contributed by atoms with Crippen molar-refractivity contribution in [2.75, 3.05) is 19.8 Å². The Bertz CT molecular complexity index is 2300. The monoisotopic (exact) mass is 771 g/mol. The molecule has 5 heterocycles. The molecule has 5 aromatic rings. The lowest BCUT2D eigenvalue weighted by atomic mass is 9.71. The van der Waals surface area contributed by atoms with Gasteiger partial charge in [-0.1, -0.05) is 24.3 Å². The smallest absolute Gasteiger partial charge is 0.220 e. The van der Waals surface area contributed by atoms with Crippen molar-refractivity contribution in [3.05, 3.63) is 100 Å². The SMILES string of the molecule is Cc1cc(=O)c2cc3c(c(-n4cc5cc[nH]c5c4)c2o1)O[C@@]1(CC=C[C@@H]([C@@H]2CNC(=O)C2)C1)[C@H](OOC[C@@](O)(Cc1ccc(O)cc1)[C@@H](O)[C@H](O)[C@H](O)CO)C3. The van der Waals surface area contributed by atoms with Gasteiger partial charge in [0.25, 0.3) is 0 Å². The number of phenols is 1. The van der Waals surface area contributed by atoms with E-state index in [2.05, 4.69) is 16.4 Å². The highest BCUT2D eigenvalue weighted by atomic mass is 17.2. The topological polar surface area (TPSA) is 229 Å². The third-order valence-corrected chi connectivity index (χ3v) is 11.5. The number of amides is 1. The third kappa shape index (κ3) is 7.00. The van der Waals surface area contributed by atoms with Crippen LogP contribution in [0, 0.1) is 18.8 Å². The van der Waals surface area contributed by atoms with E-state index in [1.165, 1.54) is 30.3 Å². The van der Waals surface area contributed by atoms with Crippen molar-refractivity contribution in [2.24, 2.45) is 11.8 Å². The van der Waals surface area contributed by atoms with Gasteiger partial charge in [-0.25, -0.2) is 9.78 Å². The van der Waals surface area contributed by atoms with E-state index in [-0.39, 0.29) is 41.8 Å². The van der Waals surface area contributed by atoms with Gasteiger partial charge in [-0.15, -0.1) is 0 Å². The highest BCUT2D eigenvalue weighted by Crippen LogP contribution is 2.49. The number of rotatable bonds is 12. The lowest BCUT2D eigenvalue weighted by molar-refractivity contribution is -0.373. The standard InChI is InChI=1S/C41H45N3O12/c1-22-11-31(47)29-12-26-13-33(56-53-21-40(52,39(51)36(50)32(48)20-45)15-23-4-6-28(46)7-5-23)41(9-2-3-24(16-41)27-14-34(49)43-17-27)55-37(26)35(38(29)54-22)44-18-25-8-10-42-30(25)19-44/h2-8,10-12,18-19,24,27,32-33,36,39,42,45-46,48,50-52H,9,13-17,20-21H2,1H3,(H,43,49)/t24-,27+,32-,33-,36-,39+,40+,41-/m1/s1. The Labute approximate surface area is 320 Å². The summed E-state index contributed by atoms with van der Waals surface area (Å²) in [6.07, 6.45) is 4.15. The Morgan fingerprint density at radius 1 is 1.09 bits per heavy atom. The van der Waals surface area contributed by atoms with E-state index >= 15 is 0 Å². The number of aromatic hydroxyl groups is 1.